The molecule has 0 amide bonds. The van der Waals surface area contributed by atoms with Crippen molar-refractivity contribution >= 4 is 52.0 Å². The summed E-state index contributed by atoms with van der Waals surface area (Å²) in [5.74, 6) is 0.698. The fraction of sp³-hybridized carbons (Fsp3) is 0.238. The Bertz CT molecular complexity index is 885. The van der Waals surface area contributed by atoms with E-state index in [1.807, 2.05) is 30.3 Å². The molecule has 0 saturated heterocycles. The normalized spacial score (nSPS) is 12.9. The van der Waals surface area contributed by atoms with Crippen molar-refractivity contribution in [2.24, 2.45) is 0 Å². The van der Waals surface area contributed by atoms with E-state index >= 15 is 0 Å². The molecule has 140 valence electrons. The summed E-state index contributed by atoms with van der Waals surface area (Å²) in [6, 6.07) is 14.7. The summed E-state index contributed by atoms with van der Waals surface area (Å²) in [5.41, 5.74) is 3.26. The maximum Gasteiger partial charge on any atom is 0.308 e. The number of carbonyl (C=O) groups excluding carboxylic acids is 2. The van der Waals surface area contributed by atoms with E-state index in [4.69, 9.17) is 27.9 Å². The number of nitrogens with zero attached hydrogens (tertiary/aromatic N) is 1. The molecule has 0 radical (unpaired) electrons. The van der Waals surface area contributed by atoms with Crippen LogP contribution in [0, 0.1) is 0 Å². The van der Waals surface area contributed by atoms with Crippen LogP contribution >= 0.6 is 23.2 Å². The quantitative estimate of drug-likeness (QED) is 0.500. The zero-order valence-corrected chi connectivity index (χ0v) is 16.4. The van der Waals surface area contributed by atoms with E-state index in [9.17, 15) is 9.59 Å². The van der Waals surface area contributed by atoms with E-state index < -0.39 is 5.97 Å². The number of benzene rings is 2. The predicted molar refractivity (Wildman–Crippen MR) is 109 cm³/mol. The van der Waals surface area contributed by atoms with Gasteiger partial charge in [-0.1, -0.05) is 36.4 Å². The van der Waals surface area contributed by atoms with Gasteiger partial charge in [0.25, 0.3) is 0 Å². The number of Topliss-reactive ketones (excluding diaryl/α,β-unsaturated/α-hetero) is 1. The van der Waals surface area contributed by atoms with Gasteiger partial charge in [0.1, 0.15) is 0 Å². The molecular weight excluding hydrogens is 385 g/mol. The van der Waals surface area contributed by atoms with Crippen molar-refractivity contribution in [3.8, 4) is 0 Å². The van der Waals surface area contributed by atoms with Crippen molar-refractivity contribution in [1.29, 1.82) is 0 Å². The summed E-state index contributed by atoms with van der Waals surface area (Å²) in [5, 5.41) is 0. The first-order valence-electron chi connectivity index (χ1n) is 8.61. The molecule has 3 rings (SSSR count). The first-order chi connectivity index (χ1) is 13.1. The molecule has 0 N–H and O–H groups in total. The molecule has 0 heterocycles. The van der Waals surface area contributed by atoms with Crippen LogP contribution in [0.1, 0.15) is 28.4 Å². The van der Waals surface area contributed by atoms with Gasteiger partial charge >= 0.3 is 5.97 Å². The average Bonchev–Trinajstić information content (AvgIpc) is 2.94. The van der Waals surface area contributed by atoms with Crippen LogP contribution in [0.25, 0.3) is 11.3 Å². The summed E-state index contributed by atoms with van der Waals surface area (Å²) in [4.78, 5) is 26.6. The van der Waals surface area contributed by atoms with Crippen molar-refractivity contribution in [2.45, 2.75) is 6.92 Å². The van der Waals surface area contributed by atoms with Gasteiger partial charge in [-0.25, -0.2) is 0 Å². The van der Waals surface area contributed by atoms with Gasteiger partial charge in [-0.2, -0.15) is 0 Å². The van der Waals surface area contributed by atoms with E-state index in [0.29, 0.717) is 52.9 Å². The molecule has 0 unspecified atom stereocenters. The van der Waals surface area contributed by atoms with Gasteiger partial charge in [-0.15, -0.1) is 23.2 Å². The highest BCUT2D eigenvalue weighted by Gasteiger charge is 2.32. The Morgan fingerprint density at radius 2 is 1.56 bits per heavy atom. The van der Waals surface area contributed by atoms with Crippen molar-refractivity contribution in [3.63, 3.8) is 0 Å². The largest absolute Gasteiger partial charge is 0.425 e. The predicted octanol–water partition coefficient (Wildman–Crippen LogP) is 4.60. The van der Waals surface area contributed by atoms with Gasteiger partial charge < -0.3 is 9.64 Å². The van der Waals surface area contributed by atoms with Gasteiger partial charge in [-0.3, -0.25) is 9.59 Å². The minimum atomic E-state index is -0.459. The number of rotatable bonds is 7. The first kappa shape index (κ1) is 19.5. The second kappa shape index (κ2) is 8.59. The lowest BCUT2D eigenvalue weighted by atomic mass is 10.0. The molecule has 0 spiro atoms. The maximum absolute atomic E-state index is 12.9. The van der Waals surface area contributed by atoms with Crippen molar-refractivity contribution in [2.75, 3.05) is 29.7 Å². The molecule has 0 atom stereocenters. The zero-order valence-electron chi connectivity index (χ0n) is 14.9. The van der Waals surface area contributed by atoms with E-state index in [1.54, 1.807) is 18.2 Å². The average molecular weight is 404 g/mol. The number of carbonyl (C=O) groups is 2. The Labute approximate surface area is 168 Å². The molecule has 27 heavy (non-hydrogen) atoms. The van der Waals surface area contributed by atoms with E-state index in [0.717, 1.165) is 5.69 Å². The number of ether oxygens (including phenoxy) is 1. The third kappa shape index (κ3) is 4.02. The molecule has 0 aliphatic heterocycles. The number of hydrogen-bond acceptors (Lipinski definition) is 4. The van der Waals surface area contributed by atoms with Gasteiger partial charge in [0.15, 0.2) is 11.5 Å². The fourth-order valence-corrected chi connectivity index (χ4v) is 3.58. The first-order valence-corrected chi connectivity index (χ1v) is 9.67. The molecule has 2 aromatic rings. The van der Waals surface area contributed by atoms with Gasteiger partial charge in [0.2, 0.25) is 0 Å². The summed E-state index contributed by atoms with van der Waals surface area (Å²) in [6.45, 7) is 2.69. The molecule has 0 fully saturated rings. The number of esters is 1. The molecule has 6 heteroatoms. The highest BCUT2D eigenvalue weighted by atomic mass is 35.5. The standard InChI is InChI=1S/C21H19Cl2NO3/c1-14(25)27-21-18-5-3-2-4-17(18)20(26)19(21)15-6-8-16(9-7-15)24(12-10-22)13-11-23/h2-9H,10-13H2,1H3. The lowest BCUT2D eigenvalue weighted by Crippen LogP contribution is -2.27. The number of alkyl halides is 2. The van der Waals surface area contributed by atoms with Crippen LogP contribution in [0.3, 0.4) is 0 Å². The Hall–Kier alpha value is -2.30. The molecular formula is C21H19Cl2NO3. The zero-order chi connectivity index (χ0) is 19.4. The Balaban J connectivity index is 2.01. The molecule has 1 aliphatic carbocycles. The highest BCUT2D eigenvalue weighted by Crippen LogP contribution is 2.39. The van der Waals surface area contributed by atoms with Crippen molar-refractivity contribution in [3.05, 3.63) is 65.2 Å². The Morgan fingerprint density at radius 3 is 2.11 bits per heavy atom. The smallest absolute Gasteiger partial charge is 0.308 e. The van der Waals surface area contributed by atoms with Crippen LogP contribution in [0.2, 0.25) is 0 Å². The maximum atomic E-state index is 12.9. The molecule has 0 bridgehead atoms. The van der Waals surface area contributed by atoms with Gasteiger partial charge in [0, 0.05) is 48.6 Å². The third-order valence-corrected chi connectivity index (χ3v) is 4.68. The fourth-order valence-electron chi connectivity index (χ4n) is 3.18. The third-order valence-electron chi connectivity index (χ3n) is 4.35. The van der Waals surface area contributed by atoms with E-state index in [1.165, 1.54) is 6.92 Å². The lowest BCUT2D eigenvalue weighted by Gasteiger charge is -2.23. The highest BCUT2D eigenvalue weighted by molar-refractivity contribution is 6.39. The molecule has 1 aliphatic rings. The van der Waals surface area contributed by atoms with Crippen LogP contribution in [-0.2, 0) is 9.53 Å². The minimum absolute atomic E-state index is 0.145. The molecule has 4 nitrogen and oxygen atoms in total. The summed E-state index contributed by atoms with van der Waals surface area (Å²) < 4.78 is 5.40. The molecule has 2 aromatic carbocycles. The Morgan fingerprint density at radius 1 is 0.963 bits per heavy atom. The lowest BCUT2D eigenvalue weighted by molar-refractivity contribution is -0.134. The number of fused-ring (bicyclic) bond motifs is 1. The van der Waals surface area contributed by atoms with Gasteiger partial charge in [-0.05, 0) is 17.7 Å². The van der Waals surface area contributed by atoms with Crippen LogP contribution in [0.15, 0.2) is 48.5 Å². The van der Waals surface area contributed by atoms with Crippen LogP contribution in [0.5, 0.6) is 0 Å². The minimum Gasteiger partial charge on any atom is -0.425 e. The second-order valence-corrected chi connectivity index (χ2v) is 6.84. The number of halogens is 2. The van der Waals surface area contributed by atoms with Crippen LogP contribution in [0.4, 0.5) is 5.69 Å². The van der Waals surface area contributed by atoms with Crippen LogP contribution in [-0.4, -0.2) is 36.6 Å². The van der Waals surface area contributed by atoms with Crippen molar-refractivity contribution in [1.82, 2.24) is 0 Å². The number of allylic oxidation sites excluding steroid dienone is 1. The Kier molecular flexibility index (Phi) is 6.19. The summed E-state index contributed by atoms with van der Waals surface area (Å²) in [7, 11) is 0. The SMILES string of the molecule is CC(=O)OC1=C(c2ccc(N(CCCl)CCCl)cc2)C(=O)c2ccccc21. The van der Waals surface area contributed by atoms with E-state index in [-0.39, 0.29) is 5.78 Å². The van der Waals surface area contributed by atoms with Crippen molar-refractivity contribution < 1.29 is 14.3 Å². The molecule has 0 aromatic heterocycles. The van der Waals surface area contributed by atoms with E-state index in [2.05, 4.69) is 4.90 Å². The number of anilines is 1. The summed E-state index contributed by atoms with van der Waals surface area (Å²) >= 11 is 11.7. The van der Waals surface area contributed by atoms with Crippen LogP contribution < -0.4 is 4.90 Å². The number of hydrogen-bond donors (Lipinski definition) is 0. The second-order valence-electron chi connectivity index (χ2n) is 6.08. The molecule has 0 saturated carbocycles. The topological polar surface area (TPSA) is 46.6 Å². The summed E-state index contributed by atoms with van der Waals surface area (Å²) in [6.07, 6.45) is 0. The monoisotopic (exact) mass is 403 g/mol. The number of ketones is 1. The van der Waals surface area contributed by atoms with Gasteiger partial charge in [0.05, 0.1) is 5.57 Å².